The van der Waals surface area contributed by atoms with E-state index >= 15 is 0 Å². The van der Waals surface area contributed by atoms with Gasteiger partial charge in [-0.05, 0) is 31.9 Å². The van der Waals surface area contributed by atoms with E-state index in [1.54, 1.807) is 19.1 Å². The highest BCUT2D eigenvalue weighted by Gasteiger charge is 2.53. The van der Waals surface area contributed by atoms with Crippen molar-refractivity contribution < 1.29 is 24.5 Å². The van der Waals surface area contributed by atoms with Crippen LogP contribution in [0.1, 0.15) is 44.4 Å². The molecule has 1 saturated carbocycles. The predicted octanol–water partition coefficient (Wildman–Crippen LogP) is 0.597. The first-order valence-corrected chi connectivity index (χ1v) is 9.19. The second-order valence-corrected chi connectivity index (χ2v) is 7.58. The molecular formula is C18H24N4O5. The Morgan fingerprint density at radius 2 is 2.15 bits per heavy atom. The summed E-state index contributed by atoms with van der Waals surface area (Å²) < 4.78 is 12.9. The monoisotopic (exact) mass is 376 g/mol. The normalized spacial score (nSPS) is 31.6. The minimum atomic E-state index is -1.22. The van der Waals surface area contributed by atoms with Gasteiger partial charge < -0.3 is 25.4 Å². The first-order chi connectivity index (χ1) is 12.9. The number of hydrogen-bond acceptors (Lipinski definition) is 8. The fourth-order valence-electron chi connectivity index (χ4n) is 3.99. The van der Waals surface area contributed by atoms with E-state index in [4.69, 9.17) is 15.2 Å². The van der Waals surface area contributed by atoms with Crippen molar-refractivity contribution in [3.63, 3.8) is 0 Å². The Morgan fingerprint density at radius 1 is 1.41 bits per heavy atom. The largest absolute Gasteiger partial charge is 0.462 e. The molecule has 2 aliphatic rings. The van der Waals surface area contributed by atoms with E-state index in [2.05, 4.69) is 10.1 Å². The number of carbonyl (C=O) groups is 1. The lowest BCUT2D eigenvalue weighted by Gasteiger charge is -2.27. The van der Waals surface area contributed by atoms with Crippen LogP contribution in [-0.2, 0) is 14.3 Å². The van der Waals surface area contributed by atoms with Crippen molar-refractivity contribution in [1.82, 2.24) is 14.6 Å². The minimum absolute atomic E-state index is 0.0814. The molecule has 2 fully saturated rings. The van der Waals surface area contributed by atoms with E-state index in [1.165, 1.54) is 10.8 Å². The van der Waals surface area contributed by atoms with E-state index in [0.717, 1.165) is 25.7 Å². The molecule has 0 spiro atoms. The third kappa shape index (κ3) is 3.05. The molecule has 27 heavy (non-hydrogen) atoms. The number of aliphatic hydroxyl groups excluding tert-OH is 2. The molecule has 0 bridgehead atoms. The zero-order valence-corrected chi connectivity index (χ0v) is 15.1. The van der Waals surface area contributed by atoms with Crippen LogP contribution in [0.5, 0.6) is 0 Å². The number of nitrogens with zero attached hydrogens (tertiary/aromatic N) is 3. The summed E-state index contributed by atoms with van der Waals surface area (Å²) in [5.74, 6) is -0.0456. The van der Waals surface area contributed by atoms with Crippen molar-refractivity contribution in [3.8, 4) is 0 Å². The molecule has 2 aromatic heterocycles. The highest BCUT2D eigenvalue weighted by atomic mass is 16.6. The molecule has 0 aromatic carbocycles. The highest BCUT2D eigenvalue weighted by Crippen LogP contribution is 2.41. The molecule has 4 rings (SSSR count). The molecule has 4 N–H and O–H groups in total. The molecule has 3 heterocycles. The molecule has 1 saturated heterocycles. The molecule has 9 nitrogen and oxygen atoms in total. The topological polar surface area (TPSA) is 132 Å². The third-order valence-corrected chi connectivity index (χ3v) is 5.65. The van der Waals surface area contributed by atoms with Gasteiger partial charge in [0.25, 0.3) is 0 Å². The van der Waals surface area contributed by atoms with Gasteiger partial charge in [0.05, 0.1) is 11.6 Å². The molecule has 0 radical (unpaired) electrons. The fourth-order valence-corrected chi connectivity index (χ4v) is 3.99. The van der Waals surface area contributed by atoms with Crippen molar-refractivity contribution in [1.29, 1.82) is 0 Å². The van der Waals surface area contributed by atoms with Gasteiger partial charge in [0.15, 0.2) is 5.82 Å². The van der Waals surface area contributed by atoms with Crippen LogP contribution in [0.4, 0.5) is 5.82 Å². The number of fused-ring (bicyclic) bond motifs is 1. The standard InChI is InChI=1S/C18H24N4O5/c1-18(8-26-17(25)10-4-2-3-5-10)15(24)13(23)14(27-18)11-6-7-12-16(19)20-9-21-22(11)12/h6-7,9-10,13-15,23-24H,2-5,8H2,1H3,(H2,19,20,21)/t13-,14-,15-,18+/m0/s1. The number of hydrogen-bond donors (Lipinski definition) is 3. The third-order valence-electron chi connectivity index (χ3n) is 5.65. The number of aliphatic hydroxyl groups is 2. The van der Waals surface area contributed by atoms with E-state index in [1.807, 2.05) is 0 Å². The van der Waals surface area contributed by atoms with Crippen LogP contribution >= 0.6 is 0 Å². The number of ether oxygens (including phenoxy) is 2. The van der Waals surface area contributed by atoms with Gasteiger partial charge in [-0.3, -0.25) is 4.79 Å². The van der Waals surface area contributed by atoms with Crippen LogP contribution in [0.15, 0.2) is 18.5 Å². The molecule has 9 heteroatoms. The van der Waals surface area contributed by atoms with Crippen molar-refractivity contribution in [3.05, 3.63) is 24.2 Å². The summed E-state index contributed by atoms with van der Waals surface area (Å²) in [5.41, 5.74) is 5.74. The van der Waals surface area contributed by atoms with Crippen molar-refractivity contribution >= 4 is 17.3 Å². The molecule has 1 aliphatic heterocycles. The first kappa shape index (κ1) is 18.1. The van der Waals surface area contributed by atoms with Crippen LogP contribution in [-0.4, -0.2) is 55.2 Å². The molecule has 4 atom stereocenters. The average Bonchev–Trinajstić information content (AvgIpc) is 3.37. The highest BCUT2D eigenvalue weighted by molar-refractivity contribution is 5.72. The van der Waals surface area contributed by atoms with Crippen LogP contribution in [0.25, 0.3) is 5.52 Å². The predicted molar refractivity (Wildman–Crippen MR) is 94.6 cm³/mol. The number of esters is 1. The van der Waals surface area contributed by atoms with Crippen LogP contribution in [0.3, 0.4) is 0 Å². The summed E-state index contributed by atoms with van der Waals surface area (Å²) >= 11 is 0. The number of rotatable bonds is 4. The van der Waals surface area contributed by atoms with Gasteiger partial charge in [-0.25, -0.2) is 9.50 Å². The quantitative estimate of drug-likeness (QED) is 0.661. The number of carbonyl (C=O) groups excluding carboxylic acids is 1. The number of anilines is 1. The van der Waals surface area contributed by atoms with Gasteiger partial charge in [0.2, 0.25) is 0 Å². The summed E-state index contributed by atoms with van der Waals surface area (Å²) in [5, 5.41) is 25.3. The second-order valence-electron chi connectivity index (χ2n) is 7.58. The average molecular weight is 376 g/mol. The van der Waals surface area contributed by atoms with E-state index in [9.17, 15) is 15.0 Å². The van der Waals surface area contributed by atoms with E-state index < -0.39 is 23.9 Å². The summed E-state index contributed by atoms with van der Waals surface area (Å²) in [7, 11) is 0. The molecule has 2 aromatic rings. The van der Waals surface area contributed by atoms with Crippen molar-refractivity contribution in [2.75, 3.05) is 12.3 Å². The first-order valence-electron chi connectivity index (χ1n) is 9.19. The molecule has 0 amide bonds. The Balaban J connectivity index is 1.52. The van der Waals surface area contributed by atoms with Crippen LogP contribution in [0.2, 0.25) is 0 Å². The van der Waals surface area contributed by atoms with Gasteiger partial charge in [-0.1, -0.05) is 12.8 Å². The van der Waals surface area contributed by atoms with Gasteiger partial charge in [0.1, 0.15) is 42.4 Å². The Labute approximate surface area is 156 Å². The van der Waals surface area contributed by atoms with Gasteiger partial charge in [-0.2, -0.15) is 5.10 Å². The summed E-state index contributed by atoms with van der Waals surface area (Å²) in [6.45, 7) is 1.50. The lowest BCUT2D eigenvalue weighted by Crippen LogP contribution is -2.45. The zero-order valence-electron chi connectivity index (χ0n) is 15.1. The van der Waals surface area contributed by atoms with Crippen LogP contribution in [0, 0.1) is 5.92 Å². The maximum absolute atomic E-state index is 12.2. The lowest BCUT2D eigenvalue weighted by atomic mass is 9.96. The molecule has 0 unspecified atom stereocenters. The number of nitrogen functional groups attached to an aromatic ring is 1. The van der Waals surface area contributed by atoms with Crippen molar-refractivity contribution in [2.24, 2.45) is 5.92 Å². The maximum Gasteiger partial charge on any atom is 0.309 e. The zero-order chi connectivity index (χ0) is 19.2. The van der Waals surface area contributed by atoms with Gasteiger partial charge in [0, 0.05) is 0 Å². The van der Waals surface area contributed by atoms with Gasteiger partial charge >= 0.3 is 5.97 Å². The Kier molecular flexibility index (Phi) is 4.53. The second kappa shape index (κ2) is 6.74. The Hall–Kier alpha value is -2.23. The molecule has 146 valence electrons. The fraction of sp³-hybridized carbons (Fsp3) is 0.611. The smallest absolute Gasteiger partial charge is 0.309 e. The molecular weight excluding hydrogens is 352 g/mol. The lowest BCUT2D eigenvalue weighted by molar-refractivity contribution is -0.163. The minimum Gasteiger partial charge on any atom is -0.462 e. The Bertz CT molecular complexity index is 849. The summed E-state index contributed by atoms with van der Waals surface area (Å²) in [6.07, 6.45) is 1.78. The van der Waals surface area contributed by atoms with Gasteiger partial charge in [-0.15, -0.1) is 0 Å². The number of nitrogens with two attached hydrogens (primary N) is 1. The van der Waals surface area contributed by atoms with Crippen LogP contribution < -0.4 is 5.73 Å². The Morgan fingerprint density at radius 3 is 2.89 bits per heavy atom. The SMILES string of the molecule is C[C@]1(COC(=O)C2CCCC2)O[C@@H](c2ccc3c(N)ncnn23)[C@H](O)[C@@H]1O. The summed E-state index contributed by atoms with van der Waals surface area (Å²) in [4.78, 5) is 16.1. The van der Waals surface area contributed by atoms with Crippen molar-refractivity contribution in [2.45, 2.75) is 56.5 Å². The van der Waals surface area contributed by atoms with E-state index in [0.29, 0.717) is 17.0 Å². The summed E-state index contributed by atoms with van der Waals surface area (Å²) in [6, 6.07) is 3.44. The maximum atomic E-state index is 12.2. The van der Waals surface area contributed by atoms with E-state index in [-0.39, 0.29) is 18.5 Å². The molecule has 1 aliphatic carbocycles. The number of aromatic nitrogens is 3.